The summed E-state index contributed by atoms with van der Waals surface area (Å²) in [6.07, 6.45) is 2.50. The van der Waals surface area contributed by atoms with Crippen LogP contribution in [-0.2, 0) is 4.79 Å². The summed E-state index contributed by atoms with van der Waals surface area (Å²) in [7, 11) is 0. The quantitative estimate of drug-likeness (QED) is 0.756. The highest BCUT2D eigenvalue weighted by molar-refractivity contribution is 5.67. The van der Waals surface area contributed by atoms with Gasteiger partial charge in [0.25, 0.3) is 0 Å². The van der Waals surface area contributed by atoms with Gasteiger partial charge in [-0.3, -0.25) is 4.79 Å². The molecule has 0 saturated carbocycles. The molecule has 1 heterocycles. The molecule has 1 rings (SSSR count). The van der Waals surface area contributed by atoms with Gasteiger partial charge in [-0.15, -0.1) is 0 Å². The largest absolute Gasteiger partial charge is 0.481 e. The van der Waals surface area contributed by atoms with Crippen molar-refractivity contribution in [3.05, 3.63) is 0 Å². The first kappa shape index (κ1) is 12.5. The smallest absolute Gasteiger partial charge is 0.304 e. The highest BCUT2D eigenvalue weighted by Crippen LogP contribution is 2.35. The van der Waals surface area contributed by atoms with Gasteiger partial charge in [0.15, 0.2) is 0 Å². The maximum atomic E-state index is 10.8. The van der Waals surface area contributed by atoms with Crippen LogP contribution in [0.4, 0.5) is 0 Å². The molecule has 15 heavy (non-hydrogen) atoms. The van der Waals surface area contributed by atoms with E-state index in [1.807, 2.05) is 0 Å². The molecule has 0 amide bonds. The average Bonchev–Trinajstić information content (AvgIpc) is 2.07. The fourth-order valence-corrected chi connectivity index (χ4v) is 2.30. The van der Waals surface area contributed by atoms with E-state index in [-0.39, 0.29) is 17.9 Å². The third-order valence-electron chi connectivity index (χ3n) is 3.64. The zero-order valence-corrected chi connectivity index (χ0v) is 10.2. The molecule has 0 radical (unpaired) electrons. The van der Waals surface area contributed by atoms with Crippen molar-refractivity contribution < 1.29 is 9.90 Å². The summed E-state index contributed by atoms with van der Waals surface area (Å²) < 4.78 is 0. The Labute approximate surface area is 92.3 Å². The lowest BCUT2D eigenvalue weighted by molar-refractivity contribution is -0.138. The first-order valence-electron chi connectivity index (χ1n) is 5.81. The van der Waals surface area contributed by atoms with Crippen LogP contribution in [0.15, 0.2) is 0 Å². The van der Waals surface area contributed by atoms with E-state index in [4.69, 9.17) is 5.11 Å². The van der Waals surface area contributed by atoms with Gasteiger partial charge in [-0.05, 0) is 24.2 Å². The van der Waals surface area contributed by atoms with Gasteiger partial charge in [0.2, 0.25) is 0 Å². The van der Waals surface area contributed by atoms with Gasteiger partial charge in [0, 0.05) is 12.1 Å². The number of nitrogens with one attached hydrogen (secondary N) is 1. The second-order valence-corrected chi connectivity index (χ2v) is 5.69. The summed E-state index contributed by atoms with van der Waals surface area (Å²) in [5.41, 5.74) is 0.101. The average molecular weight is 213 g/mol. The summed E-state index contributed by atoms with van der Waals surface area (Å²) in [6, 6.07) is 0.582. The molecule has 2 atom stereocenters. The standard InChI is InChI=1S/C12H23NO2/c1-8(2)9-5-6-12(3,4)10(13-9)7-11(14)15/h8-10,13H,5-7H2,1-4H3,(H,14,15)/t9-,10+/m0/s1. The molecule has 0 unspecified atom stereocenters. The fourth-order valence-electron chi connectivity index (χ4n) is 2.30. The van der Waals surface area contributed by atoms with Crippen molar-refractivity contribution >= 4 is 5.97 Å². The van der Waals surface area contributed by atoms with Crippen LogP contribution in [0, 0.1) is 11.3 Å². The van der Waals surface area contributed by atoms with E-state index < -0.39 is 5.97 Å². The second kappa shape index (κ2) is 4.52. The molecule has 1 aliphatic rings. The highest BCUT2D eigenvalue weighted by Gasteiger charge is 2.37. The summed E-state index contributed by atoms with van der Waals surface area (Å²) in [5, 5.41) is 12.4. The number of piperidine rings is 1. The fraction of sp³-hybridized carbons (Fsp3) is 0.917. The topological polar surface area (TPSA) is 49.3 Å². The Morgan fingerprint density at radius 2 is 2.13 bits per heavy atom. The maximum Gasteiger partial charge on any atom is 0.304 e. The van der Waals surface area contributed by atoms with E-state index in [0.29, 0.717) is 12.0 Å². The van der Waals surface area contributed by atoms with Gasteiger partial charge in [-0.25, -0.2) is 0 Å². The monoisotopic (exact) mass is 213 g/mol. The Kier molecular flexibility index (Phi) is 3.77. The highest BCUT2D eigenvalue weighted by atomic mass is 16.4. The normalized spacial score (nSPS) is 30.5. The van der Waals surface area contributed by atoms with E-state index in [2.05, 4.69) is 33.0 Å². The van der Waals surface area contributed by atoms with E-state index in [1.165, 1.54) is 0 Å². The van der Waals surface area contributed by atoms with Crippen LogP contribution in [0.5, 0.6) is 0 Å². The maximum absolute atomic E-state index is 10.8. The number of hydrogen-bond donors (Lipinski definition) is 2. The van der Waals surface area contributed by atoms with Crippen molar-refractivity contribution in [3.8, 4) is 0 Å². The van der Waals surface area contributed by atoms with E-state index in [9.17, 15) is 4.79 Å². The van der Waals surface area contributed by atoms with Crippen molar-refractivity contribution in [2.24, 2.45) is 11.3 Å². The zero-order chi connectivity index (χ0) is 11.6. The van der Waals surface area contributed by atoms with E-state index >= 15 is 0 Å². The minimum absolute atomic E-state index is 0.101. The summed E-state index contributed by atoms with van der Waals surface area (Å²) in [4.78, 5) is 10.8. The predicted molar refractivity (Wildman–Crippen MR) is 60.8 cm³/mol. The van der Waals surface area contributed by atoms with E-state index in [1.54, 1.807) is 0 Å². The Morgan fingerprint density at radius 1 is 1.53 bits per heavy atom. The lowest BCUT2D eigenvalue weighted by Crippen LogP contribution is -2.54. The number of carboxylic acids is 1. The molecule has 0 aromatic rings. The SMILES string of the molecule is CC(C)[C@@H]1CCC(C)(C)[C@@H](CC(=O)O)N1. The van der Waals surface area contributed by atoms with Crippen molar-refractivity contribution in [2.45, 2.75) is 59.0 Å². The molecule has 3 heteroatoms. The Bertz CT molecular complexity index is 236. The molecule has 0 aliphatic carbocycles. The third-order valence-corrected chi connectivity index (χ3v) is 3.64. The first-order valence-corrected chi connectivity index (χ1v) is 5.81. The predicted octanol–water partition coefficient (Wildman–Crippen LogP) is 2.26. The Hall–Kier alpha value is -0.570. The van der Waals surface area contributed by atoms with Gasteiger partial charge < -0.3 is 10.4 Å². The number of carbonyl (C=O) groups is 1. The van der Waals surface area contributed by atoms with Crippen molar-refractivity contribution in [1.82, 2.24) is 5.32 Å². The molecule has 88 valence electrons. The molecule has 0 aromatic carbocycles. The van der Waals surface area contributed by atoms with Crippen LogP contribution in [0.3, 0.4) is 0 Å². The van der Waals surface area contributed by atoms with Gasteiger partial charge in [0.1, 0.15) is 0 Å². The number of hydrogen-bond acceptors (Lipinski definition) is 2. The van der Waals surface area contributed by atoms with Crippen LogP contribution in [0.2, 0.25) is 0 Å². The molecule has 2 N–H and O–H groups in total. The molecule has 1 saturated heterocycles. The van der Waals surface area contributed by atoms with Crippen molar-refractivity contribution in [1.29, 1.82) is 0 Å². The summed E-state index contributed by atoms with van der Waals surface area (Å²) in [6.45, 7) is 8.69. The molecule has 1 aliphatic heterocycles. The number of aliphatic carboxylic acids is 1. The lowest BCUT2D eigenvalue weighted by atomic mass is 9.73. The first-order chi connectivity index (χ1) is 6.83. The molecular weight excluding hydrogens is 190 g/mol. The Balaban J connectivity index is 2.66. The van der Waals surface area contributed by atoms with Gasteiger partial charge >= 0.3 is 5.97 Å². The molecule has 0 bridgehead atoms. The van der Waals surface area contributed by atoms with Crippen molar-refractivity contribution in [3.63, 3.8) is 0 Å². The molecular formula is C12H23NO2. The van der Waals surface area contributed by atoms with Gasteiger partial charge in [-0.1, -0.05) is 27.7 Å². The van der Waals surface area contributed by atoms with Crippen LogP contribution in [0.1, 0.15) is 47.0 Å². The minimum Gasteiger partial charge on any atom is -0.481 e. The Morgan fingerprint density at radius 3 is 2.60 bits per heavy atom. The number of rotatable bonds is 3. The summed E-state index contributed by atoms with van der Waals surface area (Å²) in [5.74, 6) is -0.123. The second-order valence-electron chi connectivity index (χ2n) is 5.69. The molecule has 0 spiro atoms. The minimum atomic E-state index is -0.704. The van der Waals surface area contributed by atoms with E-state index in [0.717, 1.165) is 12.8 Å². The molecule has 1 fully saturated rings. The number of carboxylic acid groups (broad SMARTS) is 1. The van der Waals surface area contributed by atoms with Gasteiger partial charge in [-0.2, -0.15) is 0 Å². The van der Waals surface area contributed by atoms with Crippen molar-refractivity contribution in [2.75, 3.05) is 0 Å². The van der Waals surface area contributed by atoms with Crippen LogP contribution in [-0.4, -0.2) is 23.2 Å². The third kappa shape index (κ3) is 3.20. The zero-order valence-electron chi connectivity index (χ0n) is 10.2. The lowest BCUT2D eigenvalue weighted by Gasteiger charge is -2.44. The van der Waals surface area contributed by atoms with Gasteiger partial charge in [0.05, 0.1) is 6.42 Å². The molecule has 0 aromatic heterocycles. The molecule has 3 nitrogen and oxygen atoms in total. The summed E-state index contributed by atoms with van der Waals surface area (Å²) >= 11 is 0. The van der Waals surface area contributed by atoms with Crippen LogP contribution < -0.4 is 5.32 Å². The van der Waals surface area contributed by atoms with Crippen LogP contribution in [0.25, 0.3) is 0 Å². The van der Waals surface area contributed by atoms with Crippen LogP contribution >= 0.6 is 0 Å².